The summed E-state index contributed by atoms with van der Waals surface area (Å²) in [6.45, 7) is 31.7. The van der Waals surface area contributed by atoms with E-state index in [2.05, 4.69) is 192 Å². The Labute approximate surface area is 781 Å². The van der Waals surface area contributed by atoms with Gasteiger partial charge in [0.05, 0.1) is 13.2 Å². The van der Waals surface area contributed by atoms with Gasteiger partial charge in [0.1, 0.15) is 23.7 Å². The first kappa shape index (κ1) is 96.4. The number of carbonyl (C=O) groups is 2. The second kappa shape index (κ2) is 44.8. The largest absolute Gasteiger partial charge is 0.494 e. The minimum absolute atomic E-state index is 0.0401. The van der Waals surface area contributed by atoms with Gasteiger partial charge in [-0.1, -0.05) is 261 Å². The number of fused-ring (bicyclic) bond motifs is 13. The second-order valence-corrected chi connectivity index (χ2v) is 48.1. The highest BCUT2D eigenvalue weighted by Gasteiger charge is 2.63. The molecule has 2 unspecified atom stereocenters. The molecule has 8 saturated carbocycles. The van der Waals surface area contributed by atoms with Crippen molar-refractivity contribution in [3.63, 3.8) is 0 Å². The summed E-state index contributed by atoms with van der Waals surface area (Å²) in [6, 6.07) is 42.1. The lowest BCUT2D eigenvalue weighted by Gasteiger charge is -2.61. The van der Waals surface area contributed by atoms with Crippen molar-refractivity contribution in [2.45, 2.75) is 422 Å². The predicted molar refractivity (Wildman–Crippen MR) is 538 cm³/mol. The fourth-order valence-corrected chi connectivity index (χ4v) is 32.0. The maximum Gasteiger partial charge on any atom is 0.306 e. The average molecular weight is 1760 g/mol. The van der Waals surface area contributed by atoms with Gasteiger partial charge in [0.25, 0.3) is 0 Å². The third-order valence-electron chi connectivity index (χ3n) is 37.2. The molecule has 8 fully saturated rings. The molecule has 2 heterocycles. The van der Waals surface area contributed by atoms with Crippen molar-refractivity contribution < 1.29 is 28.5 Å². The number of hydrogen-bond acceptors (Lipinski definition) is 8. The number of thiophene rings is 2. The minimum atomic E-state index is -0.0492. The fraction of sp³-hybridized carbons (Fsp3) is 0.714. The lowest BCUT2D eigenvalue weighted by atomic mass is 9.44. The molecule has 0 saturated heterocycles. The lowest BCUT2D eigenvalue weighted by Crippen LogP contribution is -2.54. The molecule has 127 heavy (non-hydrogen) atoms. The summed E-state index contributed by atoms with van der Waals surface area (Å²) in [7, 11) is 0. The second-order valence-electron chi connectivity index (χ2n) is 45.9. The van der Waals surface area contributed by atoms with E-state index in [4.69, 9.17) is 18.9 Å². The molecule has 6 nitrogen and oxygen atoms in total. The smallest absolute Gasteiger partial charge is 0.306 e. The van der Waals surface area contributed by atoms with Crippen LogP contribution in [0.3, 0.4) is 0 Å². The molecule has 0 bridgehead atoms. The maximum absolute atomic E-state index is 13.3. The molecule has 0 aliphatic heterocycles. The molecular formula is C119H174O6S2. The van der Waals surface area contributed by atoms with E-state index in [0.29, 0.717) is 59.6 Å². The number of rotatable bonds is 48. The van der Waals surface area contributed by atoms with E-state index in [9.17, 15) is 9.59 Å². The van der Waals surface area contributed by atoms with Crippen molar-refractivity contribution >= 4 is 34.6 Å². The van der Waals surface area contributed by atoms with E-state index in [1.165, 1.54) is 271 Å². The molecule has 18 atom stereocenters. The van der Waals surface area contributed by atoms with Crippen LogP contribution in [0.4, 0.5) is 0 Å². The standard InChI is InChI=1S/C119H174O6S2/c1-13-15-17-19-25-31-71-119(72-32-26-20-18-16-14-2)107-79-89(111-65-63-109(126-111)87-43-51-93(52-44-87)122-77-33-27-21-23-29-41-113(120)124-95-67-73-115(9)91(81-95)49-57-99-103-61-59-101(85(7)39-35-37-83(3)4)117(103,11)75-69-105(99)115)47-55-97(107)98-56-48-90(80-108(98)119)112-66-64-110(127-112)88-45-53-94(54-46-88)123-78-34-28-22-24-30-42-114(121)125-96-68-74-116(10)92(82-96)50-58-100-104-62-60-102(86(8)40-36-38-84(5)6)118(104,12)76-70-106(100)116/h43-48,51-56,63-66,79-80,83-86,91-92,95-96,99-106H,13-42,49-50,57-62,67-78,81-82H2,1-12H3/t85-,86-,91?,92?,95+,96+,99+,100+,101-,102-,103+,104+,105+,106+,115+,116+,117-,118-/m1/s1. The highest BCUT2D eigenvalue weighted by molar-refractivity contribution is 7.19. The number of unbranched alkanes of at least 4 members (excludes halogenated alkanes) is 18. The van der Waals surface area contributed by atoms with Crippen LogP contribution in [0.1, 0.15) is 415 Å². The maximum atomic E-state index is 13.3. The lowest BCUT2D eigenvalue weighted by molar-refractivity contribution is -0.163. The van der Waals surface area contributed by atoms with Gasteiger partial charge in [0.2, 0.25) is 0 Å². The van der Waals surface area contributed by atoms with E-state index in [1.54, 1.807) is 11.1 Å². The number of benzene rings is 4. The van der Waals surface area contributed by atoms with Crippen molar-refractivity contribution in [3.8, 4) is 64.4 Å². The average Bonchev–Trinajstić information content (AvgIpc) is 1.67. The monoisotopic (exact) mass is 1760 g/mol. The molecule has 9 aliphatic rings. The van der Waals surface area contributed by atoms with E-state index >= 15 is 0 Å². The van der Waals surface area contributed by atoms with Crippen LogP contribution in [0, 0.1) is 105 Å². The Morgan fingerprint density at radius 3 is 1.11 bits per heavy atom. The van der Waals surface area contributed by atoms with Gasteiger partial charge >= 0.3 is 11.9 Å². The molecule has 8 heteroatoms. The van der Waals surface area contributed by atoms with Crippen LogP contribution in [0.15, 0.2) is 109 Å². The third-order valence-corrected chi connectivity index (χ3v) is 39.5. The minimum Gasteiger partial charge on any atom is -0.494 e. The van der Waals surface area contributed by atoms with Crippen molar-refractivity contribution in [1.29, 1.82) is 0 Å². The van der Waals surface area contributed by atoms with Gasteiger partial charge < -0.3 is 18.9 Å². The highest BCUT2D eigenvalue weighted by Crippen LogP contribution is 2.71. The zero-order chi connectivity index (χ0) is 88.7. The van der Waals surface area contributed by atoms with Crippen LogP contribution < -0.4 is 9.47 Å². The van der Waals surface area contributed by atoms with E-state index in [-0.39, 0.29) is 29.6 Å². The van der Waals surface area contributed by atoms with Crippen molar-refractivity contribution in [1.82, 2.24) is 0 Å². The van der Waals surface area contributed by atoms with Crippen molar-refractivity contribution in [3.05, 3.63) is 120 Å². The number of esters is 2. The summed E-state index contributed by atoms with van der Waals surface area (Å²) in [5, 5.41) is 0. The Morgan fingerprint density at radius 2 is 0.709 bits per heavy atom. The van der Waals surface area contributed by atoms with Gasteiger partial charge in [-0.25, -0.2) is 0 Å². The first-order valence-corrected chi connectivity index (χ1v) is 55.6. The van der Waals surface area contributed by atoms with Crippen molar-refractivity contribution in [2.75, 3.05) is 13.2 Å². The molecule has 0 amide bonds. The van der Waals surface area contributed by atoms with Gasteiger partial charge in [-0.05, 0) is 388 Å². The van der Waals surface area contributed by atoms with Crippen LogP contribution >= 0.6 is 22.7 Å². The first-order chi connectivity index (χ1) is 61.6. The van der Waals surface area contributed by atoms with Gasteiger partial charge in [0, 0.05) is 37.8 Å². The molecule has 0 radical (unpaired) electrons. The van der Waals surface area contributed by atoms with Gasteiger partial charge in [-0.15, -0.1) is 22.7 Å². The first-order valence-electron chi connectivity index (χ1n) is 54.0. The van der Waals surface area contributed by atoms with Gasteiger partial charge in [-0.3, -0.25) is 9.59 Å². The molecule has 15 rings (SSSR count). The SMILES string of the molecule is CCCCCCCCC1(CCCCCCCC)c2cc(-c3ccc(-c4ccc(OCCCCCCCC(=O)O[C@H]5CC[C@@]6(C)C(CC[C@H]7[C@@H]8CC[C@H]([C@H](C)CCCC(C)C)[C@@]8(C)CC[C@@H]76)C5)cc4)s3)ccc2-c2ccc(-c3ccc(-c4ccc(OCCCCCCCC(=O)O[C@H]5CC[C@@]6(C)C(CC[C@H]7[C@@H]8CC[C@H]([C@H](C)CCCC(C)C)[C@@]8(C)CC[C@@H]76)C5)cc4)s3)cc21. The molecule has 4 aromatic carbocycles. The van der Waals surface area contributed by atoms with Crippen LogP contribution in [-0.2, 0) is 24.5 Å². The fourth-order valence-electron chi connectivity index (χ4n) is 30.0. The van der Waals surface area contributed by atoms with Crippen LogP contribution in [-0.4, -0.2) is 37.4 Å². The number of ether oxygens (including phenoxy) is 4. The zero-order valence-electron chi connectivity index (χ0n) is 82.2. The molecule has 0 spiro atoms. The molecular weight excluding hydrogens is 1590 g/mol. The molecule has 698 valence electrons. The third kappa shape index (κ3) is 22.6. The van der Waals surface area contributed by atoms with Crippen LogP contribution in [0.25, 0.3) is 52.9 Å². The quantitative estimate of drug-likeness (QED) is 0.0280. The molecule has 0 N–H and O–H groups in total. The predicted octanol–water partition coefficient (Wildman–Crippen LogP) is 35.8. The van der Waals surface area contributed by atoms with Crippen LogP contribution in [0.5, 0.6) is 11.5 Å². The summed E-state index contributed by atoms with van der Waals surface area (Å²) < 4.78 is 25.4. The number of hydrogen-bond donors (Lipinski definition) is 0. The summed E-state index contributed by atoms with van der Waals surface area (Å²) >= 11 is 3.83. The molecule has 6 aromatic rings. The normalized spacial score (nSPS) is 29.0. The topological polar surface area (TPSA) is 71.1 Å². The Bertz CT molecular complexity index is 4130. The Balaban J connectivity index is 0.489. The Hall–Kier alpha value is -5.18. The highest BCUT2D eigenvalue weighted by atomic mass is 32.1. The van der Waals surface area contributed by atoms with Gasteiger partial charge in [0.15, 0.2) is 0 Å². The molecule has 2 aromatic heterocycles. The molecule has 9 aliphatic carbocycles. The summed E-state index contributed by atoms with van der Waals surface area (Å²) in [6.07, 6.45) is 62.1. The Morgan fingerprint density at radius 1 is 0.354 bits per heavy atom. The zero-order valence-corrected chi connectivity index (χ0v) is 83.8. The summed E-state index contributed by atoms with van der Waals surface area (Å²) in [5.74, 6) is 13.9. The van der Waals surface area contributed by atoms with E-state index in [0.717, 1.165) is 172 Å². The van der Waals surface area contributed by atoms with E-state index < -0.39 is 0 Å². The van der Waals surface area contributed by atoms with Crippen molar-refractivity contribution in [2.24, 2.45) is 105 Å². The summed E-state index contributed by atoms with van der Waals surface area (Å²) in [5.41, 5.74) is 13.0. The summed E-state index contributed by atoms with van der Waals surface area (Å²) in [4.78, 5) is 31.9. The number of carbonyl (C=O) groups excluding carboxylic acids is 2. The Kier molecular flexibility index (Phi) is 34.0. The van der Waals surface area contributed by atoms with E-state index in [1.807, 2.05) is 22.7 Å². The van der Waals surface area contributed by atoms with Crippen LogP contribution in [0.2, 0.25) is 0 Å². The van der Waals surface area contributed by atoms with Gasteiger partial charge in [-0.2, -0.15) is 0 Å².